The molecule has 0 saturated heterocycles. The first-order chi connectivity index (χ1) is 24.3. The van der Waals surface area contributed by atoms with E-state index in [2.05, 4.69) is 162 Å². The Morgan fingerprint density at radius 2 is 0.923 bits per heavy atom. The summed E-state index contributed by atoms with van der Waals surface area (Å²) in [4.78, 5) is 19.7. The lowest BCUT2D eigenvalue weighted by atomic mass is 9.59. The Labute approximate surface area is 310 Å². The number of benzene rings is 3. The summed E-state index contributed by atoms with van der Waals surface area (Å²) in [5, 5.41) is 0. The molecule has 0 saturated carbocycles. The second-order valence-corrected chi connectivity index (χ2v) is 18.2. The lowest BCUT2D eigenvalue weighted by Gasteiger charge is -2.44. The number of rotatable bonds is 5. The standard InChI is InChI=1S/C47H52N4O/c1-43(2,3)33-19-13-29(14-20-33)40-49-41(30-15-21-34(22-16-30)44(4,5)6)51-42(50-40)39-26-25-38(52-39)32-18-24-37(48-28-32)31-17-23-35-36(27-31)46(9,10)47(11,12)45(35,7)8/h13-28H,1-12H3. The quantitative estimate of drug-likeness (QED) is 0.180. The highest BCUT2D eigenvalue weighted by Crippen LogP contribution is 2.61. The number of aromatic nitrogens is 4. The predicted octanol–water partition coefficient (Wildman–Crippen LogP) is 12.4. The molecule has 0 amide bonds. The molecule has 7 rings (SSSR count). The van der Waals surface area contributed by atoms with Gasteiger partial charge in [-0.3, -0.25) is 4.98 Å². The minimum atomic E-state index is 0.0346. The molecule has 0 N–H and O–H groups in total. The van der Waals surface area contributed by atoms with E-state index in [1.165, 1.54) is 22.3 Å². The van der Waals surface area contributed by atoms with E-state index in [0.717, 1.165) is 27.9 Å². The van der Waals surface area contributed by atoms with E-state index < -0.39 is 0 Å². The largest absolute Gasteiger partial charge is 0.453 e. The molecule has 52 heavy (non-hydrogen) atoms. The monoisotopic (exact) mass is 688 g/mol. The molecule has 0 aliphatic heterocycles. The van der Waals surface area contributed by atoms with Gasteiger partial charge in [-0.25, -0.2) is 15.0 Å². The van der Waals surface area contributed by atoms with Crippen molar-refractivity contribution in [2.75, 3.05) is 0 Å². The first-order valence-electron chi connectivity index (χ1n) is 18.5. The van der Waals surface area contributed by atoms with Crippen LogP contribution in [-0.2, 0) is 21.7 Å². The van der Waals surface area contributed by atoms with Gasteiger partial charge in [0.1, 0.15) is 5.76 Å². The van der Waals surface area contributed by atoms with Gasteiger partial charge in [0, 0.05) is 28.5 Å². The summed E-state index contributed by atoms with van der Waals surface area (Å²) in [6.45, 7) is 27.6. The van der Waals surface area contributed by atoms with E-state index in [0.29, 0.717) is 29.0 Å². The number of pyridine rings is 1. The molecule has 0 fully saturated rings. The fourth-order valence-electron chi connectivity index (χ4n) is 7.53. The number of nitrogens with zero attached hydrogens (tertiary/aromatic N) is 4. The van der Waals surface area contributed by atoms with Crippen LogP contribution < -0.4 is 0 Å². The van der Waals surface area contributed by atoms with Gasteiger partial charge < -0.3 is 4.42 Å². The van der Waals surface area contributed by atoms with Crippen LogP contribution in [0.15, 0.2) is 102 Å². The number of furan rings is 1. The topological polar surface area (TPSA) is 64.7 Å². The Bertz CT molecular complexity index is 2180. The normalized spacial score (nSPS) is 16.2. The van der Waals surface area contributed by atoms with Crippen molar-refractivity contribution in [3.05, 3.63) is 119 Å². The Kier molecular flexibility index (Phi) is 8.25. The van der Waals surface area contributed by atoms with Crippen molar-refractivity contribution in [1.29, 1.82) is 0 Å². The molecule has 5 nitrogen and oxygen atoms in total. The molecule has 266 valence electrons. The van der Waals surface area contributed by atoms with Gasteiger partial charge in [0.15, 0.2) is 23.2 Å². The van der Waals surface area contributed by atoms with Gasteiger partial charge in [-0.15, -0.1) is 0 Å². The van der Waals surface area contributed by atoms with Crippen LogP contribution in [0.25, 0.3) is 56.9 Å². The maximum absolute atomic E-state index is 6.45. The first-order valence-corrected chi connectivity index (χ1v) is 18.5. The van der Waals surface area contributed by atoms with Crippen molar-refractivity contribution < 1.29 is 4.42 Å². The molecule has 5 heteroatoms. The molecule has 1 aliphatic carbocycles. The van der Waals surface area contributed by atoms with Crippen molar-refractivity contribution in [2.45, 2.75) is 105 Å². The molecule has 1 aliphatic rings. The van der Waals surface area contributed by atoms with Crippen LogP contribution in [0.5, 0.6) is 0 Å². The van der Waals surface area contributed by atoms with Crippen LogP contribution in [0.4, 0.5) is 0 Å². The SMILES string of the molecule is CC(C)(C)c1ccc(-c2nc(-c3ccc(C(C)(C)C)cc3)nc(-c3ccc(-c4ccc(-c5ccc6c(c5)C(C)(C)C(C)(C)C6(C)C)nc4)o3)n2)cc1. The minimum Gasteiger partial charge on any atom is -0.453 e. The zero-order chi connectivity index (χ0) is 37.4. The van der Waals surface area contributed by atoms with Gasteiger partial charge in [-0.2, -0.15) is 0 Å². The molecule has 0 unspecified atom stereocenters. The molecule has 3 aromatic heterocycles. The third-order valence-corrected chi connectivity index (χ3v) is 12.3. The maximum atomic E-state index is 6.45. The van der Waals surface area contributed by atoms with Gasteiger partial charge >= 0.3 is 0 Å². The van der Waals surface area contributed by atoms with Gasteiger partial charge in [0.05, 0.1) is 5.69 Å². The van der Waals surface area contributed by atoms with Gasteiger partial charge in [0.25, 0.3) is 0 Å². The lowest BCUT2D eigenvalue weighted by molar-refractivity contribution is 0.125. The molecule has 0 radical (unpaired) electrons. The van der Waals surface area contributed by atoms with E-state index in [9.17, 15) is 0 Å². The molecular formula is C47H52N4O. The summed E-state index contributed by atoms with van der Waals surface area (Å²) in [5.74, 6) is 2.98. The maximum Gasteiger partial charge on any atom is 0.199 e. The van der Waals surface area contributed by atoms with Crippen LogP contribution in [-0.4, -0.2) is 19.9 Å². The first kappa shape index (κ1) is 35.5. The summed E-state index contributed by atoms with van der Waals surface area (Å²) in [5.41, 5.74) is 10.5. The second kappa shape index (κ2) is 12.1. The van der Waals surface area contributed by atoms with Crippen molar-refractivity contribution in [2.24, 2.45) is 5.41 Å². The molecule has 6 aromatic rings. The van der Waals surface area contributed by atoms with Gasteiger partial charge in [-0.05, 0) is 79.7 Å². The van der Waals surface area contributed by atoms with E-state index in [-0.39, 0.29) is 27.1 Å². The van der Waals surface area contributed by atoms with E-state index in [4.69, 9.17) is 24.4 Å². The van der Waals surface area contributed by atoms with Crippen LogP contribution in [0.3, 0.4) is 0 Å². The zero-order valence-corrected chi connectivity index (χ0v) is 32.9. The van der Waals surface area contributed by atoms with Crippen molar-refractivity contribution >= 4 is 0 Å². The van der Waals surface area contributed by atoms with Gasteiger partial charge in [0.2, 0.25) is 0 Å². The van der Waals surface area contributed by atoms with Crippen LogP contribution in [0, 0.1) is 5.41 Å². The molecule has 3 heterocycles. The third kappa shape index (κ3) is 5.98. The zero-order valence-electron chi connectivity index (χ0n) is 32.9. The summed E-state index contributed by atoms with van der Waals surface area (Å²) < 4.78 is 6.45. The van der Waals surface area contributed by atoms with Crippen molar-refractivity contribution in [3.8, 4) is 56.9 Å². The minimum absolute atomic E-state index is 0.0346. The Morgan fingerprint density at radius 1 is 0.462 bits per heavy atom. The number of fused-ring (bicyclic) bond motifs is 1. The predicted molar refractivity (Wildman–Crippen MR) is 214 cm³/mol. The molecule has 3 aromatic carbocycles. The average Bonchev–Trinajstić information content (AvgIpc) is 3.64. The molecular weight excluding hydrogens is 637 g/mol. The summed E-state index contributed by atoms with van der Waals surface area (Å²) in [7, 11) is 0. The molecule has 0 spiro atoms. The van der Waals surface area contributed by atoms with Crippen molar-refractivity contribution in [1.82, 2.24) is 19.9 Å². The summed E-state index contributed by atoms with van der Waals surface area (Å²) in [6, 6.07) is 31.9. The van der Waals surface area contributed by atoms with Crippen LogP contribution >= 0.6 is 0 Å². The smallest absolute Gasteiger partial charge is 0.199 e. The highest BCUT2D eigenvalue weighted by molar-refractivity contribution is 5.69. The fourth-order valence-corrected chi connectivity index (χ4v) is 7.53. The lowest BCUT2D eigenvalue weighted by Crippen LogP contribution is -2.42. The van der Waals surface area contributed by atoms with Crippen molar-refractivity contribution in [3.63, 3.8) is 0 Å². The van der Waals surface area contributed by atoms with Crippen LogP contribution in [0.2, 0.25) is 0 Å². The van der Waals surface area contributed by atoms with Gasteiger partial charge in [-0.1, -0.05) is 144 Å². The average molecular weight is 689 g/mol. The fraction of sp³-hybridized carbons (Fsp3) is 0.362. The number of hydrogen-bond donors (Lipinski definition) is 0. The van der Waals surface area contributed by atoms with E-state index in [1.54, 1.807) is 0 Å². The Balaban J connectivity index is 1.22. The highest BCUT2D eigenvalue weighted by Gasteiger charge is 2.56. The second-order valence-electron chi connectivity index (χ2n) is 18.2. The third-order valence-electron chi connectivity index (χ3n) is 12.3. The number of hydrogen-bond acceptors (Lipinski definition) is 5. The molecule has 0 bridgehead atoms. The summed E-state index contributed by atoms with van der Waals surface area (Å²) in [6.07, 6.45) is 1.89. The Hall–Kier alpha value is -4.90. The van der Waals surface area contributed by atoms with Crippen LogP contribution in [0.1, 0.15) is 105 Å². The van der Waals surface area contributed by atoms with E-state index in [1.807, 2.05) is 18.3 Å². The Morgan fingerprint density at radius 3 is 1.42 bits per heavy atom. The van der Waals surface area contributed by atoms with E-state index >= 15 is 0 Å². The highest BCUT2D eigenvalue weighted by atomic mass is 16.3. The molecule has 0 atom stereocenters. The summed E-state index contributed by atoms with van der Waals surface area (Å²) >= 11 is 0.